The predicted molar refractivity (Wildman–Crippen MR) is 119 cm³/mol. The highest BCUT2D eigenvalue weighted by Gasteiger charge is 2.23. The molecule has 11 heteroatoms. The van der Waals surface area contributed by atoms with Crippen LogP contribution in [-0.2, 0) is 16.1 Å². The number of carboxylic acids is 2. The number of aromatic hydroxyl groups is 1. The maximum absolute atomic E-state index is 12.6. The lowest BCUT2D eigenvalue weighted by molar-refractivity contribution is -0.159. The Morgan fingerprint density at radius 2 is 1.48 bits per heavy atom. The molecule has 1 saturated heterocycles. The summed E-state index contributed by atoms with van der Waals surface area (Å²) in [5.41, 5.74) is 1.60. The first-order valence-corrected chi connectivity index (χ1v) is 10.2. The summed E-state index contributed by atoms with van der Waals surface area (Å²) in [6.45, 7) is 3.51. The van der Waals surface area contributed by atoms with Crippen molar-refractivity contribution in [3.05, 3.63) is 52.5 Å². The second kappa shape index (κ2) is 11.9. The minimum absolute atomic E-state index is 0.000637. The van der Waals surface area contributed by atoms with Crippen molar-refractivity contribution in [1.82, 2.24) is 9.80 Å². The first kappa shape index (κ1) is 25.8. The van der Waals surface area contributed by atoms with Crippen LogP contribution in [0, 0.1) is 0 Å². The average molecular weight is 481 g/mol. The van der Waals surface area contributed by atoms with Crippen LogP contribution >= 0.6 is 11.6 Å². The largest absolute Gasteiger partial charge is 0.502 e. The Hall–Kier alpha value is -3.50. The lowest BCUT2D eigenvalue weighted by atomic mass is 10.1. The quantitative estimate of drug-likeness (QED) is 0.550. The molecular formula is C22H25ClN2O8. The minimum Gasteiger partial charge on any atom is -0.502 e. The number of phenolic OH excluding ortho intramolecular Hbond substituents is 1. The lowest BCUT2D eigenvalue weighted by Crippen LogP contribution is -2.48. The van der Waals surface area contributed by atoms with Crippen LogP contribution in [0.3, 0.4) is 0 Å². The van der Waals surface area contributed by atoms with Crippen LogP contribution in [0.1, 0.15) is 15.9 Å². The van der Waals surface area contributed by atoms with E-state index in [1.54, 1.807) is 36.4 Å². The Morgan fingerprint density at radius 3 is 1.94 bits per heavy atom. The number of carbonyl (C=O) groups excluding carboxylic acids is 1. The van der Waals surface area contributed by atoms with Crippen molar-refractivity contribution in [2.45, 2.75) is 6.54 Å². The Bertz CT molecular complexity index is 969. The van der Waals surface area contributed by atoms with Gasteiger partial charge in [-0.25, -0.2) is 9.59 Å². The van der Waals surface area contributed by atoms with Crippen molar-refractivity contribution in [3.8, 4) is 17.2 Å². The molecule has 0 aliphatic carbocycles. The molecule has 0 spiro atoms. The van der Waals surface area contributed by atoms with Crippen molar-refractivity contribution in [3.63, 3.8) is 0 Å². The van der Waals surface area contributed by atoms with Crippen molar-refractivity contribution >= 4 is 29.4 Å². The zero-order valence-electron chi connectivity index (χ0n) is 18.2. The number of halogens is 1. The number of amides is 1. The molecule has 10 nitrogen and oxygen atoms in total. The topological polar surface area (TPSA) is 137 Å². The van der Waals surface area contributed by atoms with Gasteiger partial charge in [0.25, 0.3) is 5.91 Å². The Kier molecular flexibility index (Phi) is 9.31. The second-order valence-electron chi connectivity index (χ2n) is 7.04. The number of methoxy groups -OCH3 is 2. The molecule has 178 valence electrons. The monoisotopic (exact) mass is 480 g/mol. The van der Waals surface area contributed by atoms with Gasteiger partial charge >= 0.3 is 11.9 Å². The number of rotatable bonds is 5. The SMILES string of the molecule is COc1cc(CN2CCN(C(=O)c3cccc(Cl)c3)CC2)cc(OC)c1O.O=C(O)C(=O)O. The fraction of sp³-hybridized carbons (Fsp3) is 0.318. The maximum atomic E-state index is 12.6. The van der Waals surface area contributed by atoms with Gasteiger partial charge in [0.15, 0.2) is 11.5 Å². The number of carboxylic acid groups (broad SMARTS) is 2. The molecule has 3 N–H and O–H groups in total. The summed E-state index contributed by atoms with van der Waals surface area (Å²) in [7, 11) is 3.02. The van der Waals surface area contributed by atoms with Crippen LogP contribution in [0.25, 0.3) is 0 Å². The van der Waals surface area contributed by atoms with Crippen molar-refractivity contribution in [2.75, 3.05) is 40.4 Å². The van der Waals surface area contributed by atoms with Gasteiger partial charge in [0, 0.05) is 43.3 Å². The molecule has 1 amide bonds. The third-order valence-corrected chi connectivity index (χ3v) is 5.09. The van der Waals surface area contributed by atoms with Crippen LogP contribution in [0.4, 0.5) is 0 Å². The van der Waals surface area contributed by atoms with Gasteiger partial charge in [0.1, 0.15) is 0 Å². The highest BCUT2D eigenvalue weighted by Crippen LogP contribution is 2.37. The van der Waals surface area contributed by atoms with E-state index in [4.69, 9.17) is 40.9 Å². The zero-order valence-corrected chi connectivity index (χ0v) is 18.9. The van der Waals surface area contributed by atoms with Crippen LogP contribution in [0.5, 0.6) is 17.2 Å². The molecule has 1 aliphatic heterocycles. The van der Waals surface area contributed by atoms with E-state index < -0.39 is 11.9 Å². The molecule has 1 heterocycles. The van der Waals surface area contributed by atoms with Gasteiger partial charge in [0.05, 0.1) is 14.2 Å². The molecule has 0 unspecified atom stereocenters. The molecule has 1 fully saturated rings. The van der Waals surface area contributed by atoms with Crippen LogP contribution < -0.4 is 9.47 Å². The molecule has 1 aliphatic rings. The first-order valence-electron chi connectivity index (χ1n) is 9.83. The van der Waals surface area contributed by atoms with Gasteiger partial charge in [0.2, 0.25) is 5.75 Å². The summed E-state index contributed by atoms with van der Waals surface area (Å²) in [4.78, 5) is 34.9. The smallest absolute Gasteiger partial charge is 0.414 e. The average Bonchev–Trinajstić information content (AvgIpc) is 2.80. The number of benzene rings is 2. The van der Waals surface area contributed by atoms with Gasteiger partial charge in [-0.05, 0) is 35.9 Å². The number of nitrogens with zero attached hydrogens (tertiary/aromatic N) is 2. The van der Waals surface area contributed by atoms with E-state index in [9.17, 15) is 9.90 Å². The van der Waals surface area contributed by atoms with E-state index in [1.807, 2.05) is 4.90 Å². The molecule has 3 rings (SSSR count). The molecular weight excluding hydrogens is 456 g/mol. The third kappa shape index (κ3) is 7.26. The number of phenols is 1. The van der Waals surface area contributed by atoms with E-state index in [0.29, 0.717) is 41.7 Å². The predicted octanol–water partition coefficient (Wildman–Crippen LogP) is 2.18. The normalized spacial score (nSPS) is 13.5. The Labute approximate surface area is 195 Å². The highest BCUT2D eigenvalue weighted by molar-refractivity contribution is 6.31. The summed E-state index contributed by atoms with van der Waals surface area (Å²) < 4.78 is 10.4. The number of aliphatic carboxylic acids is 2. The number of ether oxygens (including phenoxy) is 2. The fourth-order valence-electron chi connectivity index (χ4n) is 3.21. The number of piperazine rings is 1. The zero-order chi connectivity index (χ0) is 24.5. The van der Waals surface area contributed by atoms with Crippen molar-refractivity contribution in [1.29, 1.82) is 0 Å². The molecule has 0 radical (unpaired) electrons. The highest BCUT2D eigenvalue weighted by atomic mass is 35.5. The van der Waals surface area contributed by atoms with Gasteiger partial charge in [-0.15, -0.1) is 0 Å². The summed E-state index contributed by atoms with van der Waals surface area (Å²) in [5.74, 6) is -2.87. The number of carbonyl (C=O) groups is 3. The number of hydrogen-bond donors (Lipinski definition) is 3. The van der Waals surface area contributed by atoms with E-state index in [2.05, 4.69) is 4.90 Å². The van der Waals surface area contributed by atoms with E-state index >= 15 is 0 Å². The summed E-state index contributed by atoms with van der Waals surface area (Å²) in [6, 6.07) is 10.7. The van der Waals surface area contributed by atoms with Crippen LogP contribution in [-0.4, -0.2) is 83.4 Å². The minimum atomic E-state index is -1.82. The van der Waals surface area contributed by atoms with Gasteiger partial charge in [-0.2, -0.15) is 0 Å². The van der Waals surface area contributed by atoms with Crippen molar-refractivity contribution in [2.24, 2.45) is 0 Å². The molecule has 0 aromatic heterocycles. The molecule has 2 aromatic carbocycles. The van der Waals surface area contributed by atoms with Crippen LogP contribution in [0.2, 0.25) is 5.02 Å². The van der Waals surface area contributed by atoms with Gasteiger partial charge in [-0.3, -0.25) is 9.69 Å². The standard InChI is InChI=1S/C20H23ClN2O4.C2H2O4/c1-26-17-10-14(11-18(27-2)19(17)24)13-22-6-8-23(9-7-22)20(25)15-4-3-5-16(21)12-15;3-1(4)2(5)6/h3-5,10-12,24H,6-9,13H2,1-2H3;(H,3,4)(H,5,6). The van der Waals surface area contributed by atoms with E-state index in [-0.39, 0.29) is 11.7 Å². The fourth-order valence-corrected chi connectivity index (χ4v) is 3.40. The number of hydrogen-bond acceptors (Lipinski definition) is 7. The molecule has 2 aromatic rings. The van der Waals surface area contributed by atoms with E-state index in [0.717, 1.165) is 18.7 Å². The Morgan fingerprint density at radius 1 is 0.939 bits per heavy atom. The summed E-state index contributed by atoms with van der Waals surface area (Å²) in [6.07, 6.45) is 0. The first-order chi connectivity index (χ1) is 15.7. The van der Waals surface area contributed by atoms with E-state index in [1.165, 1.54) is 14.2 Å². The maximum Gasteiger partial charge on any atom is 0.414 e. The summed E-state index contributed by atoms with van der Waals surface area (Å²) in [5, 5.41) is 25.4. The molecule has 0 bridgehead atoms. The van der Waals surface area contributed by atoms with Gasteiger partial charge in [-0.1, -0.05) is 17.7 Å². The van der Waals surface area contributed by atoms with Gasteiger partial charge < -0.3 is 29.7 Å². The molecule has 0 atom stereocenters. The molecule has 0 saturated carbocycles. The third-order valence-electron chi connectivity index (χ3n) is 4.86. The lowest BCUT2D eigenvalue weighted by Gasteiger charge is -2.35. The Balaban J connectivity index is 0.000000569. The summed E-state index contributed by atoms with van der Waals surface area (Å²) >= 11 is 5.98. The second-order valence-corrected chi connectivity index (χ2v) is 7.47. The van der Waals surface area contributed by atoms with Crippen LogP contribution in [0.15, 0.2) is 36.4 Å². The van der Waals surface area contributed by atoms with Crippen molar-refractivity contribution < 1.29 is 39.2 Å². The molecule has 33 heavy (non-hydrogen) atoms.